The Kier molecular flexibility index (Phi) is 7.46. The van der Waals surface area contributed by atoms with Gasteiger partial charge in [0, 0.05) is 20.3 Å². The van der Waals surface area contributed by atoms with E-state index in [1.54, 1.807) is 19.2 Å². The molecule has 112 valence electrons. The molecule has 0 spiro atoms. The van der Waals surface area contributed by atoms with Gasteiger partial charge in [-0.05, 0) is 24.6 Å². The van der Waals surface area contributed by atoms with Crippen molar-refractivity contribution in [2.24, 2.45) is 0 Å². The Morgan fingerprint density at radius 2 is 1.95 bits per heavy atom. The van der Waals surface area contributed by atoms with Crippen LogP contribution in [0.5, 0.6) is 11.5 Å². The van der Waals surface area contributed by atoms with Gasteiger partial charge < -0.3 is 24.1 Å². The molecule has 1 N–H and O–H groups in total. The summed E-state index contributed by atoms with van der Waals surface area (Å²) in [5, 5.41) is 9.10. The van der Waals surface area contributed by atoms with Crippen LogP contribution in [0.4, 0.5) is 0 Å². The molecule has 20 heavy (non-hydrogen) atoms. The number of carboxylic acid groups (broad SMARTS) is 1. The first-order valence-electron chi connectivity index (χ1n) is 6.30. The first kappa shape index (κ1) is 16.3. The fraction of sp³-hybridized carbons (Fsp3) is 0.500. The third-order valence-electron chi connectivity index (χ3n) is 2.54. The van der Waals surface area contributed by atoms with Crippen LogP contribution in [-0.4, -0.2) is 51.7 Å². The maximum Gasteiger partial charge on any atom is 0.339 e. The van der Waals surface area contributed by atoms with Crippen molar-refractivity contribution in [3.8, 4) is 11.5 Å². The van der Waals surface area contributed by atoms with Gasteiger partial charge in [0.05, 0.1) is 13.7 Å². The van der Waals surface area contributed by atoms with E-state index < -0.39 is 5.97 Å². The normalized spacial score (nSPS) is 10.3. The molecule has 0 radical (unpaired) electrons. The predicted octanol–water partition coefficient (Wildman–Crippen LogP) is 1.83. The largest absolute Gasteiger partial charge is 0.497 e. The molecule has 6 heteroatoms. The predicted molar refractivity (Wildman–Crippen MR) is 72.8 cm³/mol. The number of carbonyl (C=O) groups is 1. The Labute approximate surface area is 118 Å². The molecule has 0 saturated carbocycles. The first-order chi connectivity index (χ1) is 9.69. The maximum atomic E-state index is 11.1. The molecule has 1 aromatic rings. The third-order valence-corrected chi connectivity index (χ3v) is 2.54. The number of hydrogen-bond acceptors (Lipinski definition) is 5. The summed E-state index contributed by atoms with van der Waals surface area (Å²) in [5.41, 5.74) is 0.0729. The van der Waals surface area contributed by atoms with Crippen molar-refractivity contribution in [3.05, 3.63) is 23.8 Å². The molecule has 0 aromatic heterocycles. The van der Waals surface area contributed by atoms with Gasteiger partial charge in [0.2, 0.25) is 0 Å². The number of ether oxygens (including phenoxy) is 4. The van der Waals surface area contributed by atoms with Crippen LogP contribution in [0.25, 0.3) is 0 Å². The summed E-state index contributed by atoms with van der Waals surface area (Å²) in [6.45, 7) is 1.93. The summed E-state index contributed by atoms with van der Waals surface area (Å²) in [4.78, 5) is 11.1. The fourth-order valence-corrected chi connectivity index (χ4v) is 1.55. The summed E-state index contributed by atoms with van der Waals surface area (Å²) < 4.78 is 20.6. The topological polar surface area (TPSA) is 74.2 Å². The summed E-state index contributed by atoms with van der Waals surface area (Å²) in [6, 6.07) is 4.66. The lowest BCUT2D eigenvalue weighted by atomic mass is 10.2. The second-order valence-electron chi connectivity index (χ2n) is 3.97. The van der Waals surface area contributed by atoms with Crippen LogP contribution in [0.1, 0.15) is 16.8 Å². The lowest BCUT2D eigenvalue weighted by molar-refractivity contribution is 0.0676. The van der Waals surface area contributed by atoms with Crippen LogP contribution in [0, 0.1) is 0 Å². The Bertz CT molecular complexity index is 418. The third kappa shape index (κ3) is 5.46. The lowest BCUT2D eigenvalue weighted by Crippen LogP contribution is -2.10. The number of methoxy groups -OCH3 is 2. The average molecular weight is 284 g/mol. The van der Waals surface area contributed by atoms with Crippen molar-refractivity contribution in [3.63, 3.8) is 0 Å². The highest BCUT2D eigenvalue weighted by molar-refractivity contribution is 5.91. The van der Waals surface area contributed by atoms with E-state index in [9.17, 15) is 4.79 Å². The van der Waals surface area contributed by atoms with Crippen LogP contribution < -0.4 is 9.47 Å². The van der Waals surface area contributed by atoms with Crippen molar-refractivity contribution in [1.29, 1.82) is 0 Å². The van der Waals surface area contributed by atoms with Crippen molar-refractivity contribution in [1.82, 2.24) is 0 Å². The zero-order valence-electron chi connectivity index (χ0n) is 11.8. The maximum absolute atomic E-state index is 11.1. The van der Waals surface area contributed by atoms with Crippen LogP contribution >= 0.6 is 0 Å². The second-order valence-corrected chi connectivity index (χ2v) is 3.97. The number of aromatic carboxylic acids is 1. The highest BCUT2D eigenvalue weighted by atomic mass is 16.5. The van der Waals surface area contributed by atoms with Crippen molar-refractivity contribution in [2.75, 3.05) is 40.6 Å². The van der Waals surface area contributed by atoms with E-state index in [2.05, 4.69) is 0 Å². The van der Waals surface area contributed by atoms with Crippen LogP contribution in [0.15, 0.2) is 18.2 Å². The SMILES string of the molecule is COCCCOCCOc1ccc(OC)cc1C(=O)O. The van der Waals surface area contributed by atoms with Gasteiger partial charge in [-0.2, -0.15) is 0 Å². The van der Waals surface area contributed by atoms with Gasteiger partial charge in [-0.25, -0.2) is 4.79 Å². The Balaban J connectivity index is 2.41. The summed E-state index contributed by atoms with van der Waals surface area (Å²) in [5.74, 6) is -0.274. The molecular weight excluding hydrogens is 264 g/mol. The highest BCUT2D eigenvalue weighted by Gasteiger charge is 2.12. The summed E-state index contributed by atoms with van der Waals surface area (Å²) in [7, 11) is 3.12. The number of hydrogen-bond donors (Lipinski definition) is 1. The van der Waals surface area contributed by atoms with Crippen LogP contribution in [0.2, 0.25) is 0 Å². The van der Waals surface area contributed by atoms with Gasteiger partial charge in [-0.15, -0.1) is 0 Å². The molecule has 0 fully saturated rings. The fourth-order valence-electron chi connectivity index (χ4n) is 1.55. The molecule has 0 bridgehead atoms. The summed E-state index contributed by atoms with van der Waals surface area (Å²) >= 11 is 0. The van der Waals surface area contributed by atoms with E-state index in [1.807, 2.05) is 0 Å². The van der Waals surface area contributed by atoms with Gasteiger partial charge >= 0.3 is 5.97 Å². The zero-order valence-corrected chi connectivity index (χ0v) is 11.8. The van der Waals surface area contributed by atoms with Crippen molar-refractivity contribution >= 4 is 5.97 Å². The highest BCUT2D eigenvalue weighted by Crippen LogP contribution is 2.24. The lowest BCUT2D eigenvalue weighted by Gasteiger charge is -2.10. The van der Waals surface area contributed by atoms with Gasteiger partial charge in [-0.1, -0.05) is 0 Å². The molecule has 1 aromatic carbocycles. The summed E-state index contributed by atoms with van der Waals surface area (Å²) in [6.07, 6.45) is 0.819. The monoisotopic (exact) mass is 284 g/mol. The molecular formula is C14H20O6. The minimum atomic E-state index is -1.06. The molecule has 0 aliphatic heterocycles. The van der Waals surface area contributed by atoms with Crippen LogP contribution in [0.3, 0.4) is 0 Å². The van der Waals surface area contributed by atoms with Gasteiger partial charge in [0.1, 0.15) is 23.7 Å². The number of benzene rings is 1. The average Bonchev–Trinajstić information content (AvgIpc) is 2.46. The molecule has 6 nitrogen and oxygen atoms in total. The van der Waals surface area contributed by atoms with E-state index in [4.69, 9.17) is 24.1 Å². The molecule has 1 rings (SSSR count). The van der Waals surface area contributed by atoms with Crippen LogP contribution in [-0.2, 0) is 9.47 Å². The van der Waals surface area contributed by atoms with Gasteiger partial charge in [-0.3, -0.25) is 0 Å². The Morgan fingerprint density at radius 1 is 1.15 bits per heavy atom. The smallest absolute Gasteiger partial charge is 0.339 e. The van der Waals surface area contributed by atoms with E-state index in [1.165, 1.54) is 13.2 Å². The second kappa shape index (κ2) is 9.17. The molecule has 0 unspecified atom stereocenters. The van der Waals surface area contributed by atoms with E-state index in [0.29, 0.717) is 37.9 Å². The van der Waals surface area contributed by atoms with Gasteiger partial charge in [0.15, 0.2) is 0 Å². The molecule has 0 heterocycles. The van der Waals surface area contributed by atoms with Crippen molar-refractivity contribution in [2.45, 2.75) is 6.42 Å². The van der Waals surface area contributed by atoms with E-state index in [0.717, 1.165) is 6.42 Å². The van der Waals surface area contributed by atoms with Gasteiger partial charge in [0.25, 0.3) is 0 Å². The van der Waals surface area contributed by atoms with E-state index in [-0.39, 0.29) is 5.56 Å². The van der Waals surface area contributed by atoms with E-state index >= 15 is 0 Å². The number of rotatable bonds is 10. The Morgan fingerprint density at radius 3 is 2.60 bits per heavy atom. The number of carboxylic acids is 1. The zero-order chi connectivity index (χ0) is 14.8. The molecule has 0 atom stereocenters. The molecule has 0 saturated heterocycles. The van der Waals surface area contributed by atoms with Crippen molar-refractivity contribution < 1.29 is 28.8 Å². The minimum absolute atomic E-state index is 0.0729. The molecule has 0 amide bonds. The quantitative estimate of drug-likeness (QED) is 0.661. The first-order valence-corrected chi connectivity index (χ1v) is 6.30. The standard InChI is InChI=1S/C14H20O6/c1-17-6-3-7-19-8-9-20-13-5-4-11(18-2)10-12(13)14(15)16/h4-5,10H,3,6-9H2,1-2H3,(H,15,16). The minimum Gasteiger partial charge on any atom is -0.497 e. The molecule has 0 aliphatic carbocycles. The Hall–Kier alpha value is -1.79. The molecule has 0 aliphatic rings.